The zero-order chi connectivity index (χ0) is 8.72. The number of hydrogen-bond acceptors (Lipinski definition) is 2. The topological polar surface area (TPSA) is 20.3 Å². The minimum Gasteiger partial charge on any atom is -0.366 e. The number of piperidine rings is 1. The number of fused-ring (bicyclic) bond motifs is 1. The molecular formula is C10H15NO. The summed E-state index contributed by atoms with van der Waals surface area (Å²) in [5.41, 5.74) is 2.33. The van der Waals surface area contributed by atoms with Crippen molar-refractivity contribution in [3.63, 3.8) is 0 Å². The normalized spacial score (nSPS) is 29.7. The maximum atomic E-state index is 11.5. The quantitative estimate of drug-likeness (QED) is 0.544. The van der Waals surface area contributed by atoms with Crippen LogP contribution < -0.4 is 0 Å². The molecule has 1 fully saturated rings. The number of ketones is 1. The van der Waals surface area contributed by atoms with Crippen molar-refractivity contribution in [1.82, 2.24) is 4.90 Å². The van der Waals surface area contributed by atoms with E-state index < -0.39 is 0 Å². The van der Waals surface area contributed by atoms with Crippen molar-refractivity contribution in [2.24, 2.45) is 0 Å². The van der Waals surface area contributed by atoms with Gasteiger partial charge in [-0.15, -0.1) is 0 Å². The van der Waals surface area contributed by atoms with Gasteiger partial charge in [0.2, 0.25) is 0 Å². The van der Waals surface area contributed by atoms with Crippen molar-refractivity contribution in [3.05, 3.63) is 11.3 Å². The van der Waals surface area contributed by atoms with Crippen molar-refractivity contribution in [2.45, 2.75) is 39.2 Å². The summed E-state index contributed by atoms with van der Waals surface area (Å²) in [6.45, 7) is 5.38. The summed E-state index contributed by atoms with van der Waals surface area (Å²) in [6.07, 6.45) is 2.89. The van der Waals surface area contributed by atoms with Crippen LogP contribution in [0.2, 0.25) is 0 Å². The zero-order valence-corrected chi connectivity index (χ0v) is 7.76. The van der Waals surface area contributed by atoms with Crippen LogP contribution in [0.1, 0.15) is 33.1 Å². The van der Waals surface area contributed by atoms with E-state index in [0.29, 0.717) is 11.8 Å². The average Bonchev–Trinajstić information content (AvgIpc) is 2.29. The lowest BCUT2D eigenvalue weighted by Crippen LogP contribution is -2.35. The lowest BCUT2D eigenvalue weighted by Gasteiger charge is -2.30. The molecular weight excluding hydrogens is 150 g/mol. The fourth-order valence-corrected chi connectivity index (χ4v) is 2.37. The molecule has 0 aromatic heterocycles. The molecule has 0 aliphatic carbocycles. The zero-order valence-electron chi connectivity index (χ0n) is 7.76. The SMILES string of the molecule is CC1=C2C(=O)CCCN2C(C)C1. The maximum Gasteiger partial charge on any atom is 0.178 e. The van der Waals surface area contributed by atoms with Crippen LogP contribution in [0.4, 0.5) is 0 Å². The molecule has 0 saturated carbocycles. The molecule has 1 unspecified atom stereocenters. The van der Waals surface area contributed by atoms with Gasteiger partial charge in [-0.25, -0.2) is 0 Å². The first-order chi connectivity index (χ1) is 5.70. The molecule has 2 nitrogen and oxygen atoms in total. The van der Waals surface area contributed by atoms with E-state index in [1.807, 2.05) is 0 Å². The highest BCUT2D eigenvalue weighted by Crippen LogP contribution is 2.32. The molecule has 66 valence electrons. The standard InChI is InChI=1S/C10H15NO/c1-7-6-8(2)11-5-3-4-9(12)10(7)11/h8H,3-6H2,1-2H3. The smallest absolute Gasteiger partial charge is 0.178 e. The number of Topliss-reactive ketones (excluding diaryl/α,β-unsaturated/α-hetero) is 1. The first kappa shape index (κ1) is 7.84. The summed E-state index contributed by atoms with van der Waals surface area (Å²) >= 11 is 0. The Morgan fingerprint density at radius 1 is 1.50 bits per heavy atom. The highest BCUT2D eigenvalue weighted by Gasteiger charge is 2.32. The average molecular weight is 165 g/mol. The molecule has 2 rings (SSSR count). The Bertz CT molecular complexity index is 255. The molecule has 0 aromatic carbocycles. The molecule has 0 radical (unpaired) electrons. The predicted molar refractivity (Wildman–Crippen MR) is 47.7 cm³/mol. The summed E-state index contributed by atoms with van der Waals surface area (Å²) in [5.74, 6) is 0.364. The monoisotopic (exact) mass is 165 g/mol. The second-order valence-corrected chi connectivity index (χ2v) is 3.90. The molecule has 1 atom stereocenters. The Morgan fingerprint density at radius 3 is 2.92 bits per heavy atom. The van der Waals surface area contributed by atoms with Gasteiger partial charge in [-0.1, -0.05) is 0 Å². The van der Waals surface area contributed by atoms with Gasteiger partial charge in [0.1, 0.15) is 0 Å². The van der Waals surface area contributed by atoms with Gasteiger partial charge in [-0.2, -0.15) is 0 Å². The van der Waals surface area contributed by atoms with Crippen molar-refractivity contribution < 1.29 is 4.79 Å². The van der Waals surface area contributed by atoms with Crippen LogP contribution in [0, 0.1) is 0 Å². The summed E-state index contributed by atoms with van der Waals surface area (Å²) in [7, 11) is 0. The van der Waals surface area contributed by atoms with Gasteiger partial charge in [0.25, 0.3) is 0 Å². The Hall–Kier alpha value is -0.790. The molecule has 12 heavy (non-hydrogen) atoms. The van der Waals surface area contributed by atoms with Crippen molar-refractivity contribution in [2.75, 3.05) is 6.54 Å². The Morgan fingerprint density at radius 2 is 2.25 bits per heavy atom. The van der Waals surface area contributed by atoms with Gasteiger partial charge < -0.3 is 4.90 Å². The minimum atomic E-state index is 0.364. The highest BCUT2D eigenvalue weighted by atomic mass is 16.1. The van der Waals surface area contributed by atoms with Gasteiger partial charge in [0.05, 0.1) is 5.70 Å². The first-order valence-electron chi connectivity index (χ1n) is 4.69. The van der Waals surface area contributed by atoms with E-state index in [9.17, 15) is 4.79 Å². The van der Waals surface area contributed by atoms with Crippen molar-refractivity contribution in [1.29, 1.82) is 0 Å². The summed E-state index contributed by atoms with van der Waals surface area (Å²) < 4.78 is 0. The third kappa shape index (κ3) is 0.977. The second kappa shape index (κ2) is 2.61. The number of allylic oxidation sites excluding steroid dienone is 1. The van der Waals surface area contributed by atoms with E-state index in [2.05, 4.69) is 18.7 Å². The number of hydrogen-bond donors (Lipinski definition) is 0. The molecule has 0 aromatic rings. The van der Waals surface area contributed by atoms with Crippen LogP contribution in [-0.4, -0.2) is 23.3 Å². The van der Waals surface area contributed by atoms with E-state index >= 15 is 0 Å². The van der Waals surface area contributed by atoms with Crippen molar-refractivity contribution >= 4 is 5.78 Å². The van der Waals surface area contributed by atoms with Gasteiger partial charge in [-0.3, -0.25) is 4.79 Å². The molecule has 0 N–H and O–H groups in total. The third-order valence-electron chi connectivity index (χ3n) is 2.89. The molecule has 2 aliphatic heterocycles. The third-order valence-corrected chi connectivity index (χ3v) is 2.89. The minimum absolute atomic E-state index is 0.364. The first-order valence-corrected chi connectivity index (χ1v) is 4.69. The molecule has 2 aliphatic rings. The molecule has 0 bridgehead atoms. The van der Waals surface area contributed by atoms with E-state index in [1.54, 1.807) is 0 Å². The number of nitrogens with zero attached hydrogens (tertiary/aromatic N) is 1. The molecule has 2 heteroatoms. The van der Waals surface area contributed by atoms with Crippen LogP contribution in [0.25, 0.3) is 0 Å². The fourth-order valence-electron chi connectivity index (χ4n) is 2.37. The molecule has 0 spiro atoms. The lowest BCUT2D eigenvalue weighted by atomic mass is 10.1. The summed E-state index contributed by atoms with van der Waals surface area (Å²) in [4.78, 5) is 13.8. The number of rotatable bonds is 0. The van der Waals surface area contributed by atoms with Crippen LogP contribution in [0.3, 0.4) is 0 Å². The summed E-state index contributed by atoms with van der Waals surface area (Å²) in [5, 5.41) is 0. The van der Waals surface area contributed by atoms with Crippen LogP contribution in [0.5, 0.6) is 0 Å². The molecule has 1 saturated heterocycles. The fraction of sp³-hybridized carbons (Fsp3) is 0.700. The van der Waals surface area contributed by atoms with Crippen molar-refractivity contribution in [3.8, 4) is 0 Å². The van der Waals surface area contributed by atoms with Crippen LogP contribution >= 0.6 is 0 Å². The number of carbonyl (C=O) groups is 1. The number of carbonyl (C=O) groups excluding carboxylic acids is 1. The van der Waals surface area contributed by atoms with E-state index in [4.69, 9.17) is 0 Å². The van der Waals surface area contributed by atoms with E-state index in [0.717, 1.165) is 31.5 Å². The van der Waals surface area contributed by atoms with Gasteiger partial charge in [0.15, 0.2) is 5.78 Å². The summed E-state index contributed by atoms with van der Waals surface area (Å²) in [6, 6.07) is 0.559. The van der Waals surface area contributed by atoms with Gasteiger partial charge >= 0.3 is 0 Å². The van der Waals surface area contributed by atoms with Gasteiger partial charge in [0, 0.05) is 19.0 Å². The Kier molecular flexibility index (Phi) is 1.71. The molecule has 0 amide bonds. The van der Waals surface area contributed by atoms with E-state index in [-0.39, 0.29) is 0 Å². The highest BCUT2D eigenvalue weighted by molar-refractivity contribution is 5.96. The lowest BCUT2D eigenvalue weighted by molar-refractivity contribution is -0.118. The molecule has 2 heterocycles. The predicted octanol–water partition coefficient (Wildman–Crippen LogP) is 1.72. The maximum absolute atomic E-state index is 11.5. The Balaban J connectivity index is 2.33. The van der Waals surface area contributed by atoms with Crippen LogP contribution in [0.15, 0.2) is 11.3 Å². The second-order valence-electron chi connectivity index (χ2n) is 3.90. The van der Waals surface area contributed by atoms with Crippen LogP contribution in [-0.2, 0) is 4.79 Å². The Labute approximate surface area is 73.2 Å². The largest absolute Gasteiger partial charge is 0.366 e. The van der Waals surface area contributed by atoms with Gasteiger partial charge in [-0.05, 0) is 32.3 Å². The van der Waals surface area contributed by atoms with E-state index in [1.165, 1.54) is 5.57 Å².